The summed E-state index contributed by atoms with van der Waals surface area (Å²) in [6, 6.07) is 7.84. The predicted octanol–water partition coefficient (Wildman–Crippen LogP) is 2.95. The molecule has 0 unspecified atom stereocenters. The summed E-state index contributed by atoms with van der Waals surface area (Å²) in [4.78, 5) is 12.1. The van der Waals surface area contributed by atoms with E-state index in [1.165, 1.54) is 25.7 Å². The minimum absolute atomic E-state index is 0.372. The van der Waals surface area contributed by atoms with Crippen LogP contribution in [0.4, 0.5) is 0 Å². The molecule has 0 radical (unpaired) electrons. The minimum atomic E-state index is -0.372. The lowest BCUT2D eigenvalue weighted by Crippen LogP contribution is -2.14. The Morgan fingerprint density at radius 1 is 1.22 bits per heavy atom. The molecule has 0 heterocycles. The van der Waals surface area contributed by atoms with Crippen molar-refractivity contribution >= 4 is 5.91 Å². The maximum absolute atomic E-state index is 10.4. The zero-order valence-electron chi connectivity index (χ0n) is 14.5. The molecule has 0 bridgehead atoms. The summed E-state index contributed by atoms with van der Waals surface area (Å²) < 4.78 is 11.1. The van der Waals surface area contributed by atoms with E-state index in [1.807, 2.05) is 38.4 Å². The zero-order valence-corrected chi connectivity index (χ0v) is 14.5. The fourth-order valence-corrected chi connectivity index (χ4v) is 2.35. The van der Waals surface area contributed by atoms with E-state index < -0.39 is 0 Å². The fraction of sp³-hybridized carbons (Fsp3) is 0.500. The number of amides is 1. The van der Waals surface area contributed by atoms with Crippen LogP contribution in [0.3, 0.4) is 0 Å². The Morgan fingerprint density at radius 3 is 2.22 bits per heavy atom. The summed E-state index contributed by atoms with van der Waals surface area (Å²) in [5, 5.41) is 0. The second-order valence-corrected chi connectivity index (χ2v) is 5.82. The van der Waals surface area contributed by atoms with Gasteiger partial charge in [-0.05, 0) is 44.7 Å². The lowest BCUT2D eigenvalue weighted by Gasteiger charge is -2.15. The molecular weight excluding hydrogens is 292 g/mol. The summed E-state index contributed by atoms with van der Waals surface area (Å²) in [5.41, 5.74) is 5.52. The van der Waals surface area contributed by atoms with E-state index in [2.05, 4.69) is 0 Å². The van der Waals surface area contributed by atoms with Crippen LogP contribution in [0.1, 0.15) is 32.6 Å². The van der Waals surface area contributed by atoms with Crippen molar-refractivity contribution in [2.45, 2.75) is 38.7 Å². The van der Waals surface area contributed by atoms with Gasteiger partial charge >= 0.3 is 0 Å². The van der Waals surface area contributed by atoms with Crippen LogP contribution < -0.4 is 15.2 Å². The molecule has 1 aromatic carbocycles. The van der Waals surface area contributed by atoms with Gasteiger partial charge in [-0.3, -0.25) is 4.79 Å². The molecule has 0 saturated heterocycles. The Morgan fingerprint density at radius 2 is 1.78 bits per heavy atom. The van der Waals surface area contributed by atoms with Gasteiger partial charge in [0, 0.05) is 25.9 Å². The number of hydrogen-bond donors (Lipinski definition) is 1. The summed E-state index contributed by atoms with van der Waals surface area (Å²) >= 11 is 0. The van der Waals surface area contributed by atoms with E-state index in [4.69, 9.17) is 15.2 Å². The first-order chi connectivity index (χ1) is 10.9. The van der Waals surface area contributed by atoms with E-state index >= 15 is 0 Å². The molecule has 1 amide bonds. The second kappa shape index (κ2) is 9.77. The highest BCUT2D eigenvalue weighted by Crippen LogP contribution is 2.30. The fourth-order valence-electron chi connectivity index (χ4n) is 2.35. The Balaban J connectivity index is 0.000000257. The van der Waals surface area contributed by atoms with Crippen molar-refractivity contribution in [2.24, 2.45) is 5.73 Å². The Kier molecular flexibility index (Phi) is 8.02. The minimum Gasteiger partial charge on any atom is -0.493 e. The Hall–Kier alpha value is -2.17. The van der Waals surface area contributed by atoms with E-state index in [0.29, 0.717) is 11.7 Å². The van der Waals surface area contributed by atoms with Gasteiger partial charge in [-0.2, -0.15) is 0 Å². The molecule has 2 N–H and O–H groups in total. The Bertz CT molecular complexity index is 521. The molecule has 1 saturated carbocycles. The van der Waals surface area contributed by atoms with Gasteiger partial charge in [-0.1, -0.05) is 12.1 Å². The standard InChI is InChI=1S/C12H16O2.C6H12N2O/c1-13-11-8-4-5-9-12(11)14-10-6-2-3-7-10;1-5(6(7)9)4-8(2)3/h4-5,8-10H,2-3,6-7H2,1H3;4H,1-3H3,(H2,7,9)/b;5-4+. The molecule has 5 nitrogen and oxygen atoms in total. The van der Waals surface area contributed by atoms with E-state index in [0.717, 1.165) is 11.5 Å². The Labute approximate surface area is 139 Å². The number of primary amides is 1. The van der Waals surface area contributed by atoms with Crippen LogP contribution in [-0.4, -0.2) is 38.1 Å². The molecule has 2 rings (SSSR count). The number of nitrogens with zero attached hydrogens (tertiary/aromatic N) is 1. The first-order valence-corrected chi connectivity index (χ1v) is 7.88. The molecule has 1 fully saturated rings. The van der Waals surface area contributed by atoms with E-state index in [-0.39, 0.29) is 5.91 Å². The van der Waals surface area contributed by atoms with Crippen molar-refractivity contribution < 1.29 is 14.3 Å². The van der Waals surface area contributed by atoms with Gasteiger partial charge in [-0.15, -0.1) is 0 Å². The van der Waals surface area contributed by atoms with Gasteiger partial charge < -0.3 is 20.1 Å². The van der Waals surface area contributed by atoms with Gasteiger partial charge in [0.25, 0.3) is 0 Å². The van der Waals surface area contributed by atoms with Crippen molar-refractivity contribution in [3.8, 4) is 11.5 Å². The molecular formula is C18H28N2O3. The summed E-state index contributed by atoms with van der Waals surface area (Å²) in [5.74, 6) is 1.34. The molecule has 1 aromatic rings. The predicted molar refractivity (Wildman–Crippen MR) is 92.5 cm³/mol. The van der Waals surface area contributed by atoms with Crippen LogP contribution in [0, 0.1) is 0 Å². The van der Waals surface area contributed by atoms with Crippen LogP contribution in [0.25, 0.3) is 0 Å². The van der Waals surface area contributed by atoms with Crippen LogP contribution in [0.15, 0.2) is 36.0 Å². The third-order valence-electron chi connectivity index (χ3n) is 3.51. The van der Waals surface area contributed by atoms with Crippen molar-refractivity contribution in [2.75, 3.05) is 21.2 Å². The number of rotatable bonds is 5. The highest BCUT2D eigenvalue weighted by molar-refractivity contribution is 5.91. The molecule has 23 heavy (non-hydrogen) atoms. The summed E-state index contributed by atoms with van der Waals surface area (Å²) in [6.07, 6.45) is 7.02. The molecule has 0 spiro atoms. The van der Waals surface area contributed by atoms with Crippen LogP contribution in [-0.2, 0) is 4.79 Å². The van der Waals surface area contributed by atoms with Crippen molar-refractivity contribution in [3.05, 3.63) is 36.0 Å². The lowest BCUT2D eigenvalue weighted by atomic mass is 10.3. The third-order valence-corrected chi connectivity index (χ3v) is 3.51. The van der Waals surface area contributed by atoms with Crippen molar-refractivity contribution in [1.82, 2.24) is 4.90 Å². The maximum Gasteiger partial charge on any atom is 0.245 e. The van der Waals surface area contributed by atoms with Gasteiger partial charge in [-0.25, -0.2) is 0 Å². The average Bonchev–Trinajstić information content (AvgIpc) is 3.00. The summed E-state index contributed by atoms with van der Waals surface area (Å²) in [7, 11) is 5.36. The average molecular weight is 320 g/mol. The number of carbonyl (C=O) groups excluding carboxylic acids is 1. The SMILES string of the molecule is C/C(=C\N(C)C)C(N)=O.COc1ccccc1OC1CCCC1. The van der Waals surface area contributed by atoms with Gasteiger partial charge in [0.1, 0.15) is 0 Å². The molecule has 0 atom stereocenters. The number of hydrogen-bond acceptors (Lipinski definition) is 4. The molecule has 1 aliphatic carbocycles. The van der Waals surface area contributed by atoms with Crippen LogP contribution >= 0.6 is 0 Å². The van der Waals surface area contributed by atoms with Crippen molar-refractivity contribution in [3.63, 3.8) is 0 Å². The number of para-hydroxylation sites is 2. The number of nitrogens with two attached hydrogens (primary N) is 1. The van der Waals surface area contributed by atoms with E-state index in [1.54, 1.807) is 25.1 Å². The smallest absolute Gasteiger partial charge is 0.245 e. The van der Waals surface area contributed by atoms with Gasteiger partial charge in [0.15, 0.2) is 11.5 Å². The molecule has 0 aromatic heterocycles. The molecule has 128 valence electrons. The van der Waals surface area contributed by atoms with Crippen molar-refractivity contribution in [1.29, 1.82) is 0 Å². The second-order valence-electron chi connectivity index (χ2n) is 5.82. The van der Waals surface area contributed by atoms with E-state index in [9.17, 15) is 4.79 Å². The maximum atomic E-state index is 10.4. The number of benzene rings is 1. The monoisotopic (exact) mass is 320 g/mol. The first kappa shape index (κ1) is 18.9. The highest BCUT2D eigenvalue weighted by atomic mass is 16.5. The van der Waals surface area contributed by atoms with Gasteiger partial charge in [0.05, 0.1) is 13.2 Å². The number of methoxy groups -OCH3 is 1. The quantitative estimate of drug-likeness (QED) is 0.847. The first-order valence-electron chi connectivity index (χ1n) is 7.88. The lowest BCUT2D eigenvalue weighted by molar-refractivity contribution is -0.114. The number of carbonyl (C=O) groups is 1. The molecule has 5 heteroatoms. The zero-order chi connectivity index (χ0) is 17.2. The molecule has 1 aliphatic rings. The summed E-state index contributed by atoms with van der Waals surface area (Å²) in [6.45, 7) is 1.68. The third kappa shape index (κ3) is 7.08. The van der Waals surface area contributed by atoms with Gasteiger partial charge in [0.2, 0.25) is 5.91 Å². The highest BCUT2D eigenvalue weighted by Gasteiger charge is 2.17. The largest absolute Gasteiger partial charge is 0.493 e. The topological polar surface area (TPSA) is 64.8 Å². The molecule has 0 aliphatic heterocycles. The number of ether oxygens (including phenoxy) is 2. The van der Waals surface area contributed by atoms with Crippen LogP contribution in [0.2, 0.25) is 0 Å². The van der Waals surface area contributed by atoms with Crippen LogP contribution in [0.5, 0.6) is 11.5 Å². The normalized spacial score (nSPS) is 14.7.